The van der Waals surface area contributed by atoms with Gasteiger partial charge in [0.1, 0.15) is 0 Å². The lowest BCUT2D eigenvalue weighted by molar-refractivity contribution is 0.0912. The number of ketones is 1. The third kappa shape index (κ3) is 3.57. The van der Waals surface area contributed by atoms with Crippen molar-refractivity contribution in [2.45, 2.75) is 39.3 Å². The second-order valence-electron chi connectivity index (χ2n) is 6.98. The molecule has 3 heterocycles. The van der Waals surface area contributed by atoms with Crippen molar-refractivity contribution >= 4 is 16.6 Å². The summed E-state index contributed by atoms with van der Waals surface area (Å²) >= 11 is 0. The molecule has 0 amide bonds. The van der Waals surface area contributed by atoms with Crippen LogP contribution in [0.4, 0.5) is 0 Å². The van der Waals surface area contributed by atoms with Crippen LogP contribution in [0.2, 0.25) is 0 Å². The summed E-state index contributed by atoms with van der Waals surface area (Å²) in [5.74, 6) is 0.325. The summed E-state index contributed by atoms with van der Waals surface area (Å²) in [6.45, 7) is 5.56. The van der Waals surface area contributed by atoms with Gasteiger partial charge in [-0.3, -0.25) is 4.79 Å². The Morgan fingerprint density at radius 2 is 2.19 bits per heavy atom. The Hall–Kier alpha value is -2.73. The van der Waals surface area contributed by atoms with E-state index in [0.29, 0.717) is 11.4 Å². The van der Waals surface area contributed by atoms with Crippen molar-refractivity contribution in [2.75, 3.05) is 13.2 Å². The minimum Gasteiger partial charge on any atom is -0.468 e. The van der Waals surface area contributed by atoms with Gasteiger partial charge in [0.05, 0.1) is 12.3 Å². The molecular weight excluding hydrogens is 342 g/mol. The Bertz CT molecular complexity index is 969. The van der Waals surface area contributed by atoms with Crippen LogP contribution in [0.1, 0.15) is 34.6 Å². The van der Waals surface area contributed by atoms with Gasteiger partial charge in [0.15, 0.2) is 6.61 Å². The summed E-state index contributed by atoms with van der Waals surface area (Å²) in [4.78, 5) is 12.8. The lowest BCUT2D eigenvalue weighted by atomic mass is 10.1. The van der Waals surface area contributed by atoms with E-state index in [1.807, 2.05) is 44.2 Å². The zero-order valence-electron chi connectivity index (χ0n) is 15.6. The van der Waals surface area contributed by atoms with Gasteiger partial charge in [0, 0.05) is 40.9 Å². The maximum Gasteiger partial charge on any atom is 0.241 e. The first kappa shape index (κ1) is 17.7. The Balaban J connectivity index is 1.49. The number of Topliss-reactive ketones (excluding diaryl/α,β-unsaturated/α-hetero) is 1. The summed E-state index contributed by atoms with van der Waals surface area (Å²) in [5.41, 5.74) is 2.72. The number of ether oxygens (including phenoxy) is 2. The number of benzene rings is 1. The van der Waals surface area contributed by atoms with Crippen LogP contribution in [0.25, 0.3) is 10.8 Å². The average molecular weight is 365 g/mol. The van der Waals surface area contributed by atoms with Crippen molar-refractivity contribution in [2.24, 2.45) is 0 Å². The van der Waals surface area contributed by atoms with Gasteiger partial charge in [-0.25, -0.2) is 0 Å². The second kappa shape index (κ2) is 7.48. The van der Waals surface area contributed by atoms with Crippen molar-refractivity contribution in [3.63, 3.8) is 0 Å². The Morgan fingerprint density at radius 1 is 1.33 bits per heavy atom. The molecule has 0 N–H and O–H groups in total. The normalized spacial score (nSPS) is 16.7. The molecule has 6 heteroatoms. The lowest BCUT2D eigenvalue weighted by Crippen LogP contribution is -2.18. The Morgan fingerprint density at radius 3 is 3.00 bits per heavy atom. The molecule has 6 nitrogen and oxygen atoms in total. The minimum atomic E-state index is -0.0626. The maximum absolute atomic E-state index is 12.8. The zero-order valence-corrected chi connectivity index (χ0v) is 15.6. The number of carbonyl (C=O) groups excluding carboxylic acids is 1. The molecule has 3 aromatic rings. The van der Waals surface area contributed by atoms with Crippen molar-refractivity contribution in [3.05, 3.63) is 53.5 Å². The quantitative estimate of drug-likeness (QED) is 0.626. The highest BCUT2D eigenvalue weighted by Gasteiger charge is 2.21. The highest BCUT2D eigenvalue weighted by atomic mass is 16.5. The van der Waals surface area contributed by atoms with E-state index < -0.39 is 0 Å². The number of aromatic nitrogens is 3. The lowest BCUT2D eigenvalue weighted by Gasteiger charge is -2.14. The molecule has 1 atom stereocenters. The summed E-state index contributed by atoms with van der Waals surface area (Å²) in [7, 11) is 0. The monoisotopic (exact) mass is 365 g/mol. The fourth-order valence-electron chi connectivity index (χ4n) is 3.68. The number of rotatable bonds is 6. The van der Waals surface area contributed by atoms with Crippen LogP contribution in [-0.2, 0) is 11.3 Å². The first-order valence-electron chi connectivity index (χ1n) is 9.28. The van der Waals surface area contributed by atoms with Gasteiger partial charge in [-0.1, -0.05) is 18.2 Å². The highest BCUT2D eigenvalue weighted by molar-refractivity contribution is 5.99. The van der Waals surface area contributed by atoms with Crippen molar-refractivity contribution in [3.8, 4) is 5.88 Å². The number of nitrogens with zero attached hydrogens (tertiary/aromatic N) is 3. The smallest absolute Gasteiger partial charge is 0.241 e. The first-order chi connectivity index (χ1) is 13.1. The third-order valence-electron chi connectivity index (χ3n) is 5.16. The Labute approximate surface area is 158 Å². The fraction of sp³-hybridized carbons (Fsp3) is 0.381. The Kier molecular flexibility index (Phi) is 4.90. The van der Waals surface area contributed by atoms with Gasteiger partial charge >= 0.3 is 0 Å². The average Bonchev–Trinajstić information content (AvgIpc) is 3.30. The van der Waals surface area contributed by atoms with E-state index >= 15 is 0 Å². The van der Waals surface area contributed by atoms with Gasteiger partial charge in [0.25, 0.3) is 0 Å². The van der Waals surface area contributed by atoms with Crippen LogP contribution in [0.5, 0.6) is 5.88 Å². The second-order valence-corrected chi connectivity index (χ2v) is 6.98. The zero-order chi connectivity index (χ0) is 18.8. The van der Waals surface area contributed by atoms with Crippen molar-refractivity contribution < 1.29 is 14.3 Å². The van der Waals surface area contributed by atoms with E-state index in [2.05, 4.69) is 14.8 Å². The molecule has 0 bridgehead atoms. The van der Waals surface area contributed by atoms with Crippen LogP contribution >= 0.6 is 0 Å². The number of fused-ring (bicyclic) bond motifs is 1. The predicted molar refractivity (Wildman–Crippen MR) is 102 cm³/mol. The molecule has 0 radical (unpaired) electrons. The van der Waals surface area contributed by atoms with Gasteiger partial charge in [-0.2, -0.15) is 5.10 Å². The molecule has 1 aromatic carbocycles. The summed E-state index contributed by atoms with van der Waals surface area (Å²) in [5, 5.41) is 9.78. The molecular formula is C21H23N3O3. The molecule has 1 aliphatic heterocycles. The van der Waals surface area contributed by atoms with Crippen molar-refractivity contribution in [1.82, 2.24) is 14.8 Å². The molecule has 2 aromatic heterocycles. The van der Waals surface area contributed by atoms with Crippen LogP contribution < -0.4 is 4.74 Å². The van der Waals surface area contributed by atoms with Crippen LogP contribution in [-0.4, -0.2) is 39.9 Å². The number of hydrogen-bond acceptors (Lipinski definition) is 5. The predicted octanol–water partition coefficient (Wildman–Crippen LogP) is 3.49. The van der Waals surface area contributed by atoms with Crippen molar-refractivity contribution in [1.29, 1.82) is 0 Å². The molecule has 0 spiro atoms. The summed E-state index contributed by atoms with van der Waals surface area (Å²) in [6, 6.07) is 9.64. The molecule has 140 valence electrons. The minimum absolute atomic E-state index is 0.0589. The van der Waals surface area contributed by atoms with E-state index in [1.165, 1.54) is 0 Å². The third-order valence-corrected chi connectivity index (χ3v) is 5.16. The molecule has 4 rings (SSSR count). The van der Waals surface area contributed by atoms with E-state index in [0.717, 1.165) is 48.2 Å². The standard InChI is InChI=1S/C21H23N3O3/c1-14-10-19(15(2)24(14)12-17-7-5-9-26-17)20(25)13-27-21-18-8-4-3-6-16(18)11-22-23-21/h3-4,6,8,10-11,17H,5,7,9,12-13H2,1-2H3/t17-/m1/s1. The fourth-order valence-corrected chi connectivity index (χ4v) is 3.68. The van der Waals surface area contributed by atoms with Gasteiger partial charge in [-0.15, -0.1) is 5.10 Å². The molecule has 0 saturated carbocycles. The van der Waals surface area contributed by atoms with Gasteiger partial charge in [-0.05, 0) is 38.8 Å². The first-order valence-corrected chi connectivity index (χ1v) is 9.28. The summed E-state index contributed by atoms with van der Waals surface area (Å²) < 4.78 is 13.6. The SMILES string of the molecule is Cc1cc(C(=O)COc2nncc3ccccc23)c(C)n1C[C@H]1CCCO1. The topological polar surface area (TPSA) is 66.2 Å². The van der Waals surface area contributed by atoms with E-state index in [1.54, 1.807) is 6.20 Å². The highest BCUT2D eigenvalue weighted by Crippen LogP contribution is 2.23. The number of aryl methyl sites for hydroxylation is 1. The largest absolute Gasteiger partial charge is 0.468 e. The number of hydrogen-bond donors (Lipinski definition) is 0. The molecule has 0 unspecified atom stereocenters. The van der Waals surface area contributed by atoms with Crippen LogP contribution in [0.3, 0.4) is 0 Å². The molecule has 27 heavy (non-hydrogen) atoms. The van der Waals surface area contributed by atoms with E-state index in [9.17, 15) is 4.79 Å². The van der Waals surface area contributed by atoms with Crippen LogP contribution in [0.15, 0.2) is 36.5 Å². The summed E-state index contributed by atoms with van der Waals surface area (Å²) in [6.07, 6.45) is 4.10. The molecule has 1 aliphatic rings. The van der Waals surface area contributed by atoms with E-state index in [4.69, 9.17) is 9.47 Å². The van der Waals surface area contributed by atoms with Gasteiger partial charge < -0.3 is 14.0 Å². The van der Waals surface area contributed by atoms with Gasteiger partial charge in [0.2, 0.25) is 11.7 Å². The van der Waals surface area contributed by atoms with Crippen LogP contribution in [0, 0.1) is 13.8 Å². The van der Waals surface area contributed by atoms with E-state index in [-0.39, 0.29) is 18.5 Å². The maximum atomic E-state index is 12.8. The molecule has 1 fully saturated rings. The molecule has 0 aliphatic carbocycles. The molecule has 1 saturated heterocycles. The number of carbonyl (C=O) groups is 1.